The molecule has 5 heteroatoms. The number of pyridine rings is 1. The van der Waals surface area contributed by atoms with E-state index in [0.717, 1.165) is 24.5 Å². The number of amides is 1. The van der Waals surface area contributed by atoms with Gasteiger partial charge in [0.2, 0.25) is 0 Å². The summed E-state index contributed by atoms with van der Waals surface area (Å²) in [5.74, 6) is 1.29. The Morgan fingerprint density at radius 1 is 0.966 bits per heavy atom. The van der Waals surface area contributed by atoms with Crippen molar-refractivity contribution in [2.45, 2.75) is 33.4 Å². The van der Waals surface area contributed by atoms with Gasteiger partial charge >= 0.3 is 0 Å². The average Bonchev–Trinajstić information content (AvgIpc) is 2.74. The van der Waals surface area contributed by atoms with Crippen LogP contribution in [0.1, 0.15) is 36.7 Å². The first kappa shape index (κ1) is 20.6. The number of carbonyl (C=O) groups excluding carboxylic acids is 1. The fourth-order valence-corrected chi connectivity index (χ4v) is 3.01. The molecule has 1 amide bonds. The molecule has 0 radical (unpaired) electrons. The van der Waals surface area contributed by atoms with Crippen LogP contribution < -0.4 is 10.1 Å². The van der Waals surface area contributed by atoms with Gasteiger partial charge in [0.15, 0.2) is 0 Å². The van der Waals surface area contributed by atoms with Crippen LogP contribution in [0.2, 0.25) is 0 Å². The number of benzene rings is 2. The zero-order chi connectivity index (χ0) is 20.6. The van der Waals surface area contributed by atoms with Gasteiger partial charge in [-0.15, -0.1) is 0 Å². The van der Waals surface area contributed by atoms with E-state index in [9.17, 15) is 4.79 Å². The van der Waals surface area contributed by atoms with Gasteiger partial charge in [0.05, 0.1) is 0 Å². The molecule has 0 unspecified atom stereocenters. The zero-order valence-corrected chi connectivity index (χ0v) is 17.1. The number of carbonyl (C=O) groups is 1. The molecule has 1 aromatic heterocycles. The Bertz CT molecular complexity index is 907. The first-order valence-corrected chi connectivity index (χ1v) is 9.87. The molecule has 5 nitrogen and oxygen atoms in total. The normalized spacial score (nSPS) is 10.9. The monoisotopic (exact) mass is 389 g/mol. The lowest BCUT2D eigenvalue weighted by molar-refractivity contribution is 0.102. The van der Waals surface area contributed by atoms with Crippen molar-refractivity contribution in [3.8, 4) is 11.5 Å². The van der Waals surface area contributed by atoms with Crippen LogP contribution in [0.3, 0.4) is 0 Å². The highest BCUT2D eigenvalue weighted by Crippen LogP contribution is 2.22. The Balaban J connectivity index is 1.58. The quantitative estimate of drug-likeness (QED) is 0.564. The summed E-state index contributed by atoms with van der Waals surface area (Å²) in [7, 11) is 0. The van der Waals surface area contributed by atoms with Gasteiger partial charge in [-0.05, 0) is 74.5 Å². The van der Waals surface area contributed by atoms with Crippen LogP contribution in [0.5, 0.6) is 11.5 Å². The molecule has 0 spiro atoms. The standard InChI is InChI=1S/C24H27N3O2/c1-4-27(18(2)3)17-19-5-7-20(8-6-19)24(28)26-21-9-11-22(12-10-21)29-23-13-15-25-16-14-23/h5-16,18H,4,17H2,1-3H3,(H,26,28). The number of nitrogens with one attached hydrogen (secondary N) is 1. The van der Waals surface area contributed by atoms with Crippen LogP contribution in [0.25, 0.3) is 0 Å². The summed E-state index contributed by atoms with van der Waals surface area (Å²) in [6, 6.07) is 19.2. The first-order chi connectivity index (χ1) is 14.0. The summed E-state index contributed by atoms with van der Waals surface area (Å²) in [5, 5.41) is 2.92. The van der Waals surface area contributed by atoms with Crippen molar-refractivity contribution in [3.05, 3.63) is 84.2 Å². The van der Waals surface area contributed by atoms with Crippen LogP contribution in [0.15, 0.2) is 73.1 Å². The molecule has 1 heterocycles. The van der Waals surface area contributed by atoms with E-state index in [0.29, 0.717) is 17.4 Å². The number of hydrogen-bond acceptors (Lipinski definition) is 4. The van der Waals surface area contributed by atoms with Gasteiger partial charge in [-0.25, -0.2) is 0 Å². The Morgan fingerprint density at radius 2 is 1.59 bits per heavy atom. The van der Waals surface area contributed by atoms with Crippen molar-refractivity contribution < 1.29 is 9.53 Å². The maximum absolute atomic E-state index is 12.5. The van der Waals surface area contributed by atoms with Crippen molar-refractivity contribution >= 4 is 11.6 Å². The first-order valence-electron chi connectivity index (χ1n) is 9.87. The van der Waals surface area contributed by atoms with Gasteiger partial charge in [0, 0.05) is 36.2 Å². The van der Waals surface area contributed by atoms with E-state index in [-0.39, 0.29) is 5.91 Å². The molecule has 150 valence electrons. The minimum Gasteiger partial charge on any atom is -0.457 e. The predicted molar refractivity (Wildman–Crippen MR) is 116 cm³/mol. The molecule has 0 bridgehead atoms. The summed E-state index contributed by atoms with van der Waals surface area (Å²) in [4.78, 5) is 18.9. The lowest BCUT2D eigenvalue weighted by Gasteiger charge is -2.24. The van der Waals surface area contributed by atoms with Gasteiger partial charge in [-0.2, -0.15) is 0 Å². The van der Waals surface area contributed by atoms with E-state index in [1.165, 1.54) is 5.56 Å². The number of aromatic nitrogens is 1. The molecule has 0 aliphatic carbocycles. The van der Waals surface area contributed by atoms with E-state index in [1.807, 2.05) is 48.5 Å². The highest BCUT2D eigenvalue weighted by molar-refractivity contribution is 6.04. The Kier molecular flexibility index (Phi) is 6.98. The molecule has 2 aromatic carbocycles. The maximum Gasteiger partial charge on any atom is 0.255 e. The van der Waals surface area contributed by atoms with Gasteiger partial charge < -0.3 is 10.1 Å². The van der Waals surface area contributed by atoms with E-state index in [1.54, 1.807) is 24.5 Å². The fraction of sp³-hybridized carbons (Fsp3) is 0.250. The molecular weight excluding hydrogens is 362 g/mol. The lowest BCUT2D eigenvalue weighted by atomic mass is 10.1. The molecule has 0 fully saturated rings. The third-order valence-electron chi connectivity index (χ3n) is 4.74. The summed E-state index contributed by atoms with van der Waals surface area (Å²) < 4.78 is 5.74. The van der Waals surface area contributed by atoms with Crippen LogP contribution in [0.4, 0.5) is 5.69 Å². The second-order valence-electron chi connectivity index (χ2n) is 7.12. The summed E-state index contributed by atoms with van der Waals surface area (Å²) in [6.45, 7) is 8.43. The van der Waals surface area contributed by atoms with Crippen molar-refractivity contribution in [1.29, 1.82) is 0 Å². The molecule has 0 aliphatic rings. The lowest BCUT2D eigenvalue weighted by Crippen LogP contribution is -2.29. The number of nitrogens with zero attached hydrogens (tertiary/aromatic N) is 2. The molecule has 0 atom stereocenters. The van der Waals surface area contributed by atoms with Crippen molar-refractivity contribution in [3.63, 3.8) is 0 Å². The summed E-state index contributed by atoms with van der Waals surface area (Å²) >= 11 is 0. The molecule has 3 rings (SSSR count). The second kappa shape index (κ2) is 9.85. The molecule has 29 heavy (non-hydrogen) atoms. The van der Waals surface area contributed by atoms with Crippen molar-refractivity contribution in [1.82, 2.24) is 9.88 Å². The third-order valence-corrected chi connectivity index (χ3v) is 4.74. The average molecular weight is 389 g/mol. The van der Waals surface area contributed by atoms with Crippen LogP contribution >= 0.6 is 0 Å². The van der Waals surface area contributed by atoms with E-state index in [2.05, 4.69) is 36.0 Å². The molecular formula is C24H27N3O2. The van der Waals surface area contributed by atoms with Crippen molar-refractivity contribution in [2.24, 2.45) is 0 Å². The Hall–Kier alpha value is -3.18. The number of hydrogen-bond donors (Lipinski definition) is 1. The minimum absolute atomic E-state index is 0.129. The fourth-order valence-electron chi connectivity index (χ4n) is 3.01. The Labute approximate surface area is 172 Å². The van der Waals surface area contributed by atoms with E-state index < -0.39 is 0 Å². The molecule has 1 N–H and O–H groups in total. The number of ether oxygens (including phenoxy) is 1. The predicted octanol–water partition coefficient (Wildman–Crippen LogP) is 5.36. The summed E-state index contributed by atoms with van der Waals surface area (Å²) in [5.41, 5.74) is 2.56. The van der Waals surface area contributed by atoms with Gasteiger partial charge in [0.25, 0.3) is 5.91 Å². The molecule has 0 aliphatic heterocycles. The largest absolute Gasteiger partial charge is 0.457 e. The summed E-state index contributed by atoms with van der Waals surface area (Å²) in [6.07, 6.45) is 3.36. The molecule has 0 saturated carbocycles. The van der Waals surface area contributed by atoms with E-state index in [4.69, 9.17) is 4.74 Å². The SMILES string of the molecule is CCN(Cc1ccc(C(=O)Nc2ccc(Oc3ccncc3)cc2)cc1)C(C)C. The minimum atomic E-state index is -0.129. The van der Waals surface area contributed by atoms with E-state index >= 15 is 0 Å². The highest BCUT2D eigenvalue weighted by Gasteiger charge is 2.10. The third kappa shape index (κ3) is 5.90. The maximum atomic E-state index is 12.5. The zero-order valence-electron chi connectivity index (χ0n) is 17.1. The van der Waals surface area contributed by atoms with Gasteiger partial charge in [-0.3, -0.25) is 14.7 Å². The van der Waals surface area contributed by atoms with Crippen LogP contribution in [-0.4, -0.2) is 28.4 Å². The Morgan fingerprint density at radius 3 is 2.17 bits per heavy atom. The highest BCUT2D eigenvalue weighted by atomic mass is 16.5. The van der Waals surface area contributed by atoms with Crippen molar-refractivity contribution in [2.75, 3.05) is 11.9 Å². The topological polar surface area (TPSA) is 54.5 Å². The smallest absolute Gasteiger partial charge is 0.255 e. The molecule has 0 saturated heterocycles. The van der Waals surface area contributed by atoms with Crippen LogP contribution in [0, 0.1) is 0 Å². The molecule has 3 aromatic rings. The van der Waals surface area contributed by atoms with Gasteiger partial charge in [-0.1, -0.05) is 19.1 Å². The number of anilines is 1. The second-order valence-corrected chi connectivity index (χ2v) is 7.12. The number of rotatable bonds is 8. The van der Waals surface area contributed by atoms with Gasteiger partial charge in [0.1, 0.15) is 11.5 Å². The van der Waals surface area contributed by atoms with Crippen LogP contribution in [-0.2, 0) is 6.54 Å².